The third-order valence-electron chi connectivity index (χ3n) is 5.64. The number of hydrogen-bond acceptors (Lipinski definition) is 6. The molecule has 38 heavy (non-hydrogen) atoms. The van der Waals surface area contributed by atoms with Gasteiger partial charge in [-0.05, 0) is 81.2 Å². The molecule has 2 aromatic rings. The van der Waals surface area contributed by atoms with E-state index < -0.39 is 23.6 Å². The van der Waals surface area contributed by atoms with Crippen LogP contribution in [0.3, 0.4) is 0 Å². The molecule has 2 rings (SSSR count). The summed E-state index contributed by atoms with van der Waals surface area (Å²) in [4.78, 5) is 21.9. The van der Waals surface area contributed by atoms with Gasteiger partial charge in [0, 0.05) is 17.7 Å². The molecule has 8 heteroatoms. The number of carbonyl (C=O) groups is 2. The van der Waals surface area contributed by atoms with Crippen molar-refractivity contribution < 1.29 is 37.3 Å². The Labute approximate surface area is 223 Å². The van der Waals surface area contributed by atoms with Crippen molar-refractivity contribution in [2.24, 2.45) is 0 Å². The quantitative estimate of drug-likeness (QED) is 0.111. The van der Waals surface area contributed by atoms with E-state index in [9.17, 15) is 18.4 Å². The van der Waals surface area contributed by atoms with Crippen LogP contribution in [-0.4, -0.2) is 38.4 Å². The first-order valence-electron chi connectivity index (χ1n) is 12.9. The molecule has 0 bridgehead atoms. The lowest BCUT2D eigenvalue weighted by Gasteiger charge is -2.11. The summed E-state index contributed by atoms with van der Waals surface area (Å²) in [5.74, 6) is -2.30. The summed E-state index contributed by atoms with van der Waals surface area (Å²) in [7, 11) is 0. The van der Waals surface area contributed by atoms with Crippen LogP contribution < -0.4 is 9.47 Å². The van der Waals surface area contributed by atoms with Crippen LogP contribution >= 0.6 is 0 Å². The Balaban J connectivity index is 1.70. The van der Waals surface area contributed by atoms with Gasteiger partial charge in [-0.1, -0.05) is 25.3 Å². The Morgan fingerprint density at radius 2 is 1.13 bits per heavy atom. The predicted molar refractivity (Wildman–Crippen MR) is 142 cm³/mol. The van der Waals surface area contributed by atoms with Crippen LogP contribution in [0, 0.1) is 11.6 Å². The first kappa shape index (κ1) is 30.5. The Kier molecular flexibility index (Phi) is 14.2. The minimum Gasteiger partial charge on any atom is -0.494 e. The van der Waals surface area contributed by atoms with E-state index in [2.05, 4.69) is 13.2 Å². The minimum atomic E-state index is -1.02. The van der Waals surface area contributed by atoms with E-state index >= 15 is 0 Å². The Hall–Kier alpha value is -3.68. The molecule has 0 aliphatic carbocycles. The molecule has 0 amide bonds. The molecule has 0 atom stereocenters. The molecular weight excluding hydrogens is 494 g/mol. The van der Waals surface area contributed by atoms with Crippen LogP contribution in [0.2, 0.25) is 0 Å². The smallest absolute Gasteiger partial charge is 0.330 e. The molecule has 0 unspecified atom stereocenters. The van der Waals surface area contributed by atoms with E-state index in [0.717, 1.165) is 57.1 Å². The molecule has 0 spiro atoms. The molecule has 0 saturated heterocycles. The van der Waals surface area contributed by atoms with Crippen molar-refractivity contribution >= 4 is 11.9 Å². The molecule has 0 aliphatic heterocycles. The van der Waals surface area contributed by atoms with E-state index in [1.807, 2.05) is 0 Å². The minimum absolute atomic E-state index is 0.120. The zero-order chi connectivity index (χ0) is 27.6. The lowest BCUT2D eigenvalue weighted by atomic mass is 10.0. The fourth-order valence-corrected chi connectivity index (χ4v) is 3.55. The van der Waals surface area contributed by atoms with Crippen molar-refractivity contribution in [1.82, 2.24) is 0 Å². The van der Waals surface area contributed by atoms with Crippen molar-refractivity contribution in [3.63, 3.8) is 0 Å². The molecular formula is C30H36F2O6. The van der Waals surface area contributed by atoms with Crippen molar-refractivity contribution in [2.45, 2.75) is 51.4 Å². The number of benzene rings is 2. The number of unbranched alkanes of at least 4 members (excludes halogenated alkanes) is 6. The van der Waals surface area contributed by atoms with Crippen molar-refractivity contribution in [3.05, 3.63) is 73.3 Å². The van der Waals surface area contributed by atoms with Crippen LogP contribution in [0.5, 0.6) is 11.5 Å². The normalized spacial score (nSPS) is 10.5. The first-order valence-corrected chi connectivity index (χ1v) is 12.9. The first-order chi connectivity index (χ1) is 18.5. The second-order valence-electron chi connectivity index (χ2n) is 8.53. The van der Waals surface area contributed by atoms with Crippen LogP contribution in [0.4, 0.5) is 8.78 Å². The summed E-state index contributed by atoms with van der Waals surface area (Å²) < 4.78 is 50.3. The van der Waals surface area contributed by atoms with Gasteiger partial charge in [0.2, 0.25) is 5.82 Å². The van der Waals surface area contributed by atoms with Gasteiger partial charge in [0.15, 0.2) is 11.6 Å². The highest BCUT2D eigenvalue weighted by Crippen LogP contribution is 2.31. The fraction of sp³-hybridized carbons (Fsp3) is 0.400. The van der Waals surface area contributed by atoms with Gasteiger partial charge >= 0.3 is 11.9 Å². The van der Waals surface area contributed by atoms with Crippen LogP contribution in [0.25, 0.3) is 11.1 Å². The maximum absolute atomic E-state index is 14.7. The maximum atomic E-state index is 14.7. The van der Waals surface area contributed by atoms with Crippen molar-refractivity contribution in [1.29, 1.82) is 0 Å². The van der Waals surface area contributed by atoms with Crippen LogP contribution in [-0.2, 0) is 19.1 Å². The standard InChI is InChI=1S/C30H36F2O6/c1-3-27(33)37-21-11-7-5-9-19-35-24-15-13-23(14-16-24)25-17-18-26(30(32)29(25)31)36-20-10-6-8-12-22-38-28(34)4-2/h3-4,13-18H,1-2,5-12,19-22H2. The largest absolute Gasteiger partial charge is 0.494 e. The van der Waals surface area contributed by atoms with Crippen LogP contribution in [0.1, 0.15) is 51.4 Å². The van der Waals surface area contributed by atoms with Gasteiger partial charge in [0.25, 0.3) is 0 Å². The number of rotatable bonds is 19. The Morgan fingerprint density at radius 3 is 1.66 bits per heavy atom. The zero-order valence-electron chi connectivity index (χ0n) is 21.7. The summed E-state index contributed by atoms with van der Waals surface area (Å²) in [6, 6.07) is 9.77. The van der Waals surface area contributed by atoms with Gasteiger partial charge in [-0.3, -0.25) is 0 Å². The second kappa shape index (κ2) is 17.7. The average Bonchev–Trinajstić information content (AvgIpc) is 2.93. The van der Waals surface area contributed by atoms with E-state index in [1.54, 1.807) is 24.3 Å². The van der Waals surface area contributed by atoms with E-state index in [1.165, 1.54) is 12.1 Å². The zero-order valence-corrected chi connectivity index (χ0v) is 21.7. The highest BCUT2D eigenvalue weighted by Gasteiger charge is 2.16. The number of esters is 2. The number of ether oxygens (including phenoxy) is 4. The second-order valence-corrected chi connectivity index (χ2v) is 8.53. The maximum Gasteiger partial charge on any atom is 0.330 e. The monoisotopic (exact) mass is 530 g/mol. The van der Waals surface area contributed by atoms with Gasteiger partial charge in [-0.25, -0.2) is 14.0 Å². The van der Waals surface area contributed by atoms with Gasteiger partial charge in [-0.15, -0.1) is 0 Å². The molecule has 0 N–H and O–H groups in total. The van der Waals surface area contributed by atoms with Gasteiger partial charge in [0.05, 0.1) is 26.4 Å². The Morgan fingerprint density at radius 1 is 0.632 bits per heavy atom. The summed E-state index contributed by atoms with van der Waals surface area (Å²) in [5, 5.41) is 0. The third kappa shape index (κ3) is 11.2. The predicted octanol–water partition coefficient (Wildman–Crippen LogP) is 6.97. The highest BCUT2D eigenvalue weighted by molar-refractivity contribution is 5.81. The molecule has 206 valence electrons. The molecule has 0 aromatic heterocycles. The van der Waals surface area contributed by atoms with Crippen molar-refractivity contribution in [3.8, 4) is 22.6 Å². The van der Waals surface area contributed by atoms with Crippen molar-refractivity contribution in [2.75, 3.05) is 26.4 Å². The topological polar surface area (TPSA) is 71.1 Å². The molecule has 6 nitrogen and oxygen atoms in total. The van der Waals surface area contributed by atoms with E-state index in [-0.39, 0.29) is 17.9 Å². The average molecular weight is 531 g/mol. The molecule has 2 aromatic carbocycles. The molecule has 0 heterocycles. The lowest BCUT2D eigenvalue weighted by Crippen LogP contribution is -2.03. The molecule has 0 aliphatic rings. The summed E-state index contributed by atoms with van der Waals surface area (Å²) >= 11 is 0. The molecule has 0 radical (unpaired) electrons. The van der Waals surface area contributed by atoms with Gasteiger partial charge in [-0.2, -0.15) is 4.39 Å². The fourth-order valence-electron chi connectivity index (χ4n) is 3.55. The van der Waals surface area contributed by atoms with E-state index in [0.29, 0.717) is 37.6 Å². The number of carbonyl (C=O) groups excluding carboxylic acids is 2. The van der Waals surface area contributed by atoms with E-state index in [4.69, 9.17) is 18.9 Å². The highest BCUT2D eigenvalue weighted by atomic mass is 19.2. The number of hydrogen-bond donors (Lipinski definition) is 0. The summed E-state index contributed by atoms with van der Waals surface area (Å²) in [5.41, 5.74) is 0.680. The van der Waals surface area contributed by atoms with Gasteiger partial charge in [0.1, 0.15) is 5.75 Å². The number of halogens is 2. The third-order valence-corrected chi connectivity index (χ3v) is 5.64. The SMILES string of the molecule is C=CC(=O)OCCCCCCOc1ccc(-c2ccc(OCCCCCCOC(=O)C=C)c(F)c2F)cc1. The lowest BCUT2D eigenvalue weighted by molar-refractivity contribution is -0.138. The van der Waals surface area contributed by atoms with Gasteiger partial charge < -0.3 is 18.9 Å². The molecule has 0 saturated carbocycles. The van der Waals surface area contributed by atoms with Crippen LogP contribution in [0.15, 0.2) is 61.7 Å². The summed E-state index contributed by atoms with van der Waals surface area (Å²) in [6.45, 7) is 8.18. The molecule has 0 fully saturated rings. The summed E-state index contributed by atoms with van der Waals surface area (Å²) in [6.07, 6.45) is 8.81. The Bertz CT molecular complexity index is 1040.